The summed E-state index contributed by atoms with van der Waals surface area (Å²) in [5, 5.41) is 16.5. The van der Waals surface area contributed by atoms with Gasteiger partial charge in [-0.3, -0.25) is 19.7 Å². The summed E-state index contributed by atoms with van der Waals surface area (Å²) in [4.78, 5) is 34.6. The van der Waals surface area contributed by atoms with Gasteiger partial charge < -0.3 is 15.4 Å². The van der Waals surface area contributed by atoms with E-state index >= 15 is 0 Å². The van der Waals surface area contributed by atoms with Gasteiger partial charge in [-0.25, -0.2) is 0 Å². The molecule has 0 spiro atoms. The lowest BCUT2D eigenvalue weighted by molar-refractivity contribution is -0.385. The van der Waals surface area contributed by atoms with Crippen molar-refractivity contribution in [1.29, 1.82) is 0 Å². The number of anilines is 2. The van der Waals surface area contributed by atoms with Gasteiger partial charge >= 0.3 is 5.69 Å². The lowest BCUT2D eigenvalue weighted by Gasteiger charge is -2.10. The minimum Gasteiger partial charge on any atom is -0.490 e. The first-order valence-electron chi connectivity index (χ1n) is 7.86. The molecule has 136 valence electrons. The summed E-state index contributed by atoms with van der Waals surface area (Å²) in [6, 6.07) is 10.6. The summed E-state index contributed by atoms with van der Waals surface area (Å²) in [5.41, 5.74) is 0.824. The predicted octanol–water partition coefficient (Wildman–Crippen LogP) is 3.45. The molecule has 2 aromatic rings. The molecular weight excluding hydrogens is 338 g/mol. The first-order valence-corrected chi connectivity index (χ1v) is 7.86. The molecule has 2 rings (SSSR count). The van der Waals surface area contributed by atoms with E-state index < -0.39 is 10.8 Å². The molecule has 2 aromatic carbocycles. The Morgan fingerprint density at radius 1 is 1.08 bits per heavy atom. The Bertz CT molecular complexity index is 848. The van der Waals surface area contributed by atoms with E-state index in [0.29, 0.717) is 11.4 Å². The van der Waals surface area contributed by atoms with Crippen LogP contribution >= 0.6 is 0 Å². The number of nitro groups is 1. The highest BCUT2D eigenvalue weighted by Crippen LogP contribution is 2.28. The largest absolute Gasteiger partial charge is 0.490 e. The molecule has 2 amide bonds. The molecule has 0 aliphatic rings. The minimum atomic E-state index is -0.613. The molecule has 0 saturated heterocycles. The zero-order valence-corrected chi connectivity index (χ0v) is 14.6. The third kappa shape index (κ3) is 4.56. The van der Waals surface area contributed by atoms with Crippen LogP contribution in [-0.2, 0) is 4.79 Å². The van der Waals surface area contributed by atoms with Crippen molar-refractivity contribution in [2.45, 2.75) is 13.8 Å². The third-order valence-electron chi connectivity index (χ3n) is 3.55. The summed E-state index contributed by atoms with van der Waals surface area (Å²) in [6.07, 6.45) is 0. The Labute approximate surface area is 150 Å². The van der Waals surface area contributed by atoms with E-state index in [9.17, 15) is 19.7 Å². The average Bonchev–Trinajstić information content (AvgIpc) is 2.61. The van der Waals surface area contributed by atoms with E-state index in [1.54, 1.807) is 38.1 Å². The summed E-state index contributed by atoms with van der Waals surface area (Å²) >= 11 is 0. The van der Waals surface area contributed by atoms with Crippen LogP contribution in [0.15, 0.2) is 42.5 Å². The Morgan fingerprint density at radius 3 is 2.31 bits per heavy atom. The number of ether oxygens (including phenoxy) is 1. The van der Waals surface area contributed by atoms with Crippen molar-refractivity contribution in [3.63, 3.8) is 0 Å². The van der Waals surface area contributed by atoms with Gasteiger partial charge in [0.05, 0.1) is 12.0 Å². The van der Waals surface area contributed by atoms with Gasteiger partial charge in [-0.2, -0.15) is 0 Å². The molecule has 2 N–H and O–H groups in total. The number of hydrogen-bond acceptors (Lipinski definition) is 5. The van der Waals surface area contributed by atoms with Crippen LogP contribution in [-0.4, -0.2) is 23.8 Å². The standard InChI is InChI=1S/C18H19N3O5/c1-11(2)17(22)19-13-5-4-6-14(10-13)20-18(23)12-7-8-16(26-3)15(9-12)21(24)25/h4-11H,1-3H3,(H,19,22)(H,20,23). The lowest BCUT2D eigenvalue weighted by Crippen LogP contribution is -2.18. The van der Waals surface area contributed by atoms with Crippen molar-refractivity contribution >= 4 is 28.9 Å². The van der Waals surface area contributed by atoms with Crippen LogP contribution < -0.4 is 15.4 Å². The van der Waals surface area contributed by atoms with E-state index in [1.165, 1.54) is 19.2 Å². The fraction of sp³-hybridized carbons (Fsp3) is 0.222. The van der Waals surface area contributed by atoms with E-state index in [-0.39, 0.29) is 28.8 Å². The number of amides is 2. The Balaban J connectivity index is 2.19. The van der Waals surface area contributed by atoms with Gasteiger partial charge in [-0.05, 0) is 30.3 Å². The number of carbonyl (C=O) groups is 2. The summed E-state index contributed by atoms with van der Waals surface area (Å²) < 4.78 is 4.92. The molecular formula is C18H19N3O5. The molecule has 0 saturated carbocycles. The van der Waals surface area contributed by atoms with Gasteiger partial charge in [-0.15, -0.1) is 0 Å². The number of methoxy groups -OCH3 is 1. The third-order valence-corrected chi connectivity index (χ3v) is 3.55. The lowest BCUT2D eigenvalue weighted by atomic mass is 10.1. The highest BCUT2D eigenvalue weighted by molar-refractivity contribution is 6.05. The van der Waals surface area contributed by atoms with E-state index in [0.717, 1.165) is 6.07 Å². The van der Waals surface area contributed by atoms with Gasteiger partial charge in [0.2, 0.25) is 5.91 Å². The van der Waals surface area contributed by atoms with Crippen molar-refractivity contribution in [2.75, 3.05) is 17.7 Å². The second kappa shape index (κ2) is 8.11. The van der Waals surface area contributed by atoms with Gasteiger partial charge in [0.15, 0.2) is 5.75 Å². The fourth-order valence-electron chi connectivity index (χ4n) is 2.14. The smallest absolute Gasteiger partial charge is 0.311 e. The van der Waals surface area contributed by atoms with E-state index in [1.807, 2.05) is 0 Å². The van der Waals surface area contributed by atoms with Gasteiger partial charge in [0.1, 0.15) is 0 Å². The predicted molar refractivity (Wildman–Crippen MR) is 97.5 cm³/mol. The topological polar surface area (TPSA) is 111 Å². The molecule has 0 bridgehead atoms. The molecule has 0 fully saturated rings. The van der Waals surface area contributed by atoms with E-state index in [4.69, 9.17) is 4.74 Å². The van der Waals surface area contributed by atoms with Crippen LogP contribution in [0.5, 0.6) is 5.75 Å². The normalized spacial score (nSPS) is 10.3. The molecule has 8 nitrogen and oxygen atoms in total. The summed E-state index contributed by atoms with van der Waals surface area (Å²) in [7, 11) is 1.32. The summed E-state index contributed by atoms with van der Waals surface area (Å²) in [5.74, 6) is -0.750. The molecule has 0 heterocycles. The van der Waals surface area contributed by atoms with Crippen LogP contribution in [0.2, 0.25) is 0 Å². The second-order valence-electron chi connectivity index (χ2n) is 5.82. The van der Waals surface area contributed by atoms with Gasteiger partial charge in [0, 0.05) is 28.9 Å². The highest BCUT2D eigenvalue weighted by Gasteiger charge is 2.18. The number of benzene rings is 2. The molecule has 0 aliphatic heterocycles. The molecule has 0 aliphatic carbocycles. The molecule has 0 radical (unpaired) electrons. The Kier molecular flexibility index (Phi) is 5.90. The second-order valence-corrected chi connectivity index (χ2v) is 5.82. The number of rotatable bonds is 6. The maximum Gasteiger partial charge on any atom is 0.311 e. The average molecular weight is 357 g/mol. The highest BCUT2D eigenvalue weighted by atomic mass is 16.6. The van der Waals surface area contributed by atoms with Crippen molar-refractivity contribution in [2.24, 2.45) is 5.92 Å². The molecule has 26 heavy (non-hydrogen) atoms. The quantitative estimate of drug-likeness (QED) is 0.608. The minimum absolute atomic E-state index is 0.0740. The van der Waals surface area contributed by atoms with Crippen LogP contribution in [0.1, 0.15) is 24.2 Å². The number of nitro benzene ring substituents is 1. The van der Waals surface area contributed by atoms with Crippen LogP contribution in [0.4, 0.5) is 17.1 Å². The van der Waals surface area contributed by atoms with Gasteiger partial charge in [-0.1, -0.05) is 19.9 Å². The zero-order chi connectivity index (χ0) is 19.3. The number of nitrogens with zero attached hydrogens (tertiary/aromatic N) is 1. The SMILES string of the molecule is COc1ccc(C(=O)Nc2cccc(NC(=O)C(C)C)c2)cc1[N+](=O)[O-]. The monoisotopic (exact) mass is 357 g/mol. The van der Waals surface area contributed by atoms with Crippen LogP contribution in [0.3, 0.4) is 0 Å². The Morgan fingerprint density at radius 2 is 1.73 bits per heavy atom. The zero-order valence-electron chi connectivity index (χ0n) is 14.6. The molecule has 8 heteroatoms. The van der Waals surface area contributed by atoms with Crippen molar-refractivity contribution < 1.29 is 19.2 Å². The van der Waals surface area contributed by atoms with Crippen LogP contribution in [0.25, 0.3) is 0 Å². The van der Waals surface area contributed by atoms with E-state index in [2.05, 4.69) is 10.6 Å². The summed E-state index contributed by atoms with van der Waals surface area (Å²) in [6.45, 7) is 3.55. The number of hydrogen-bond donors (Lipinski definition) is 2. The maximum atomic E-state index is 12.4. The van der Waals surface area contributed by atoms with Crippen molar-refractivity contribution in [3.8, 4) is 5.75 Å². The Hall–Kier alpha value is -3.42. The maximum absolute atomic E-state index is 12.4. The first kappa shape index (κ1) is 18.9. The van der Waals surface area contributed by atoms with Crippen LogP contribution in [0, 0.1) is 16.0 Å². The van der Waals surface area contributed by atoms with Crippen molar-refractivity contribution in [1.82, 2.24) is 0 Å². The number of carbonyl (C=O) groups excluding carboxylic acids is 2. The molecule has 0 aromatic heterocycles. The fourth-order valence-corrected chi connectivity index (χ4v) is 2.14. The van der Waals surface area contributed by atoms with Gasteiger partial charge in [0.25, 0.3) is 5.91 Å². The van der Waals surface area contributed by atoms with Crippen molar-refractivity contribution in [3.05, 3.63) is 58.1 Å². The molecule has 0 atom stereocenters. The number of nitrogens with one attached hydrogen (secondary N) is 2. The first-order chi connectivity index (χ1) is 12.3. The molecule has 0 unspecified atom stereocenters.